The Kier molecular flexibility index (Phi) is 4.10. The molecule has 2 unspecified atom stereocenters. The summed E-state index contributed by atoms with van der Waals surface area (Å²) in [5.41, 5.74) is 6.20. The van der Waals surface area contributed by atoms with Gasteiger partial charge in [-0.3, -0.25) is 0 Å². The first kappa shape index (κ1) is 14.3. The molecule has 2 rings (SSSR count). The molecule has 1 saturated heterocycles. The highest BCUT2D eigenvalue weighted by atomic mass is 32.2. The van der Waals surface area contributed by atoms with Crippen LogP contribution in [0.25, 0.3) is 0 Å². The second-order valence-electron chi connectivity index (χ2n) is 4.79. The Hall–Kier alpha value is -1.14. The maximum Gasteiger partial charge on any atom is 0.169 e. The number of ether oxygens (including phenoxy) is 1. The molecule has 0 spiro atoms. The van der Waals surface area contributed by atoms with E-state index >= 15 is 0 Å². The van der Waals surface area contributed by atoms with Gasteiger partial charge in [-0.15, -0.1) is 0 Å². The average molecular weight is 287 g/mol. The van der Waals surface area contributed by atoms with Crippen molar-refractivity contribution in [3.8, 4) is 5.75 Å². The quantitative estimate of drug-likeness (QED) is 0.920. The van der Waals surface area contributed by atoms with E-state index in [0.717, 1.165) is 6.42 Å². The largest absolute Gasteiger partial charge is 0.494 e. The van der Waals surface area contributed by atoms with E-state index in [2.05, 4.69) is 0 Å². The molecular formula is C13H18FNO3S. The Morgan fingerprint density at radius 3 is 2.79 bits per heavy atom. The number of hydrogen-bond acceptors (Lipinski definition) is 4. The minimum Gasteiger partial charge on any atom is -0.494 e. The molecule has 0 amide bonds. The van der Waals surface area contributed by atoms with Crippen LogP contribution in [0.15, 0.2) is 18.2 Å². The molecular weight excluding hydrogens is 269 g/mol. The topological polar surface area (TPSA) is 69.4 Å². The molecule has 6 heteroatoms. The molecule has 1 aromatic carbocycles. The van der Waals surface area contributed by atoms with Gasteiger partial charge in [-0.2, -0.15) is 0 Å². The monoisotopic (exact) mass is 287 g/mol. The van der Waals surface area contributed by atoms with Gasteiger partial charge in [0.05, 0.1) is 18.1 Å². The van der Waals surface area contributed by atoms with E-state index < -0.39 is 26.9 Å². The average Bonchev–Trinajstić information content (AvgIpc) is 2.38. The van der Waals surface area contributed by atoms with Gasteiger partial charge in [-0.25, -0.2) is 12.8 Å². The number of halogens is 1. The van der Waals surface area contributed by atoms with Gasteiger partial charge in [0.25, 0.3) is 0 Å². The highest BCUT2D eigenvalue weighted by Gasteiger charge is 2.35. The second kappa shape index (κ2) is 5.46. The van der Waals surface area contributed by atoms with Crippen molar-refractivity contribution in [2.24, 2.45) is 5.73 Å². The fourth-order valence-electron chi connectivity index (χ4n) is 2.53. The van der Waals surface area contributed by atoms with E-state index in [0.29, 0.717) is 12.8 Å². The molecule has 1 aliphatic rings. The molecule has 2 N–H and O–H groups in total. The summed E-state index contributed by atoms with van der Waals surface area (Å²) in [7, 11) is -1.87. The molecule has 0 saturated carbocycles. The molecule has 1 heterocycles. The molecule has 0 radical (unpaired) electrons. The Balaban J connectivity index is 2.36. The molecule has 1 aromatic rings. The van der Waals surface area contributed by atoms with Crippen molar-refractivity contribution >= 4 is 9.84 Å². The van der Waals surface area contributed by atoms with Crippen LogP contribution in [-0.2, 0) is 9.84 Å². The number of nitrogens with two attached hydrogens (primary N) is 1. The van der Waals surface area contributed by atoms with Crippen molar-refractivity contribution in [3.05, 3.63) is 29.6 Å². The molecule has 0 bridgehead atoms. The fraction of sp³-hybridized carbons (Fsp3) is 0.538. The summed E-state index contributed by atoms with van der Waals surface area (Å²) in [6.07, 6.45) is 1.95. The van der Waals surface area contributed by atoms with Crippen molar-refractivity contribution in [2.45, 2.75) is 30.6 Å². The van der Waals surface area contributed by atoms with Gasteiger partial charge < -0.3 is 10.5 Å². The predicted molar refractivity (Wildman–Crippen MR) is 71.3 cm³/mol. The van der Waals surface area contributed by atoms with Crippen LogP contribution in [0, 0.1) is 5.82 Å². The summed E-state index contributed by atoms with van der Waals surface area (Å²) in [5.74, 6) is -0.351. The highest BCUT2D eigenvalue weighted by Crippen LogP contribution is 2.32. The fourth-order valence-corrected chi connectivity index (χ4v) is 4.55. The van der Waals surface area contributed by atoms with Crippen LogP contribution >= 0.6 is 0 Å². The van der Waals surface area contributed by atoms with E-state index in [9.17, 15) is 12.8 Å². The summed E-state index contributed by atoms with van der Waals surface area (Å²) in [6.45, 7) is 0. The van der Waals surface area contributed by atoms with Crippen molar-refractivity contribution in [3.63, 3.8) is 0 Å². The number of methoxy groups -OCH3 is 1. The van der Waals surface area contributed by atoms with Crippen LogP contribution in [0.2, 0.25) is 0 Å². The second-order valence-corrected chi connectivity index (χ2v) is 7.13. The smallest absolute Gasteiger partial charge is 0.169 e. The van der Waals surface area contributed by atoms with Crippen LogP contribution in [0.1, 0.15) is 30.9 Å². The van der Waals surface area contributed by atoms with E-state index in [1.54, 1.807) is 6.07 Å². The summed E-state index contributed by atoms with van der Waals surface area (Å²) in [5, 5.41) is -0.706. The van der Waals surface area contributed by atoms with Gasteiger partial charge >= 0.3 is 0 Å². The molecule has 1 fully saturated rings. The molecule has 0 aliphatic carbocycles. The molecule has 0 aromatic heterocycles. The minimum atomic E-state index is -3.24. The Labute approximate surface area is 112 Å². The third-order valence-electron chi connectivity index (χ3n) is 3.60. The first-order valence-corrected chi connectivity index (χ1v) is 7.98. The van der Waals surface area contributed by atoms with Gasteiger partial charge in [0, 0.05) is 11.6 Å². The summed E-state index contributed by atoms with van der Waals surface area (Å²) < 4.78 is 43.1. The lowest BCUT2D eigenvalue weighted by molar-refractivity contribution is 0.380. The van der Waals surface area contributed by atoms with Crippen LogP contribution in [0.3, 0.4) is 0 Å². The number of hydrogen-bond donors (Lipinski definition) is 1. The minimum absolute atomic E-state index is 0.0844. The van der Waals surface area contributed by atoms with Crippen molar-refractivity contribution in [1.29, 1.82) is 0 Å². The van der Waals surface area contributed by atoms with Crippen molar-refractivity contribution < 1.29 is 17.5 Å². The van der Waals surface area contributed by atoms with Gasteiger partial charge in [-0.05, 0) is 18.9 Å². The van der Waals surface area contributed by atoms with Crippen LogP contribution < -0.4 is 10.5 Å². The van der Waals surface area contributed by atoms with E-state index in [1.807, 2.05) is 0 Å². The maximum atomic E-state index is 14.1. The standard InChI is InChI=1S/C13H18FNO3S/c1-18-10-6-4-5-9(12(10)14)13(15)11-7-2-3-8-19(11,16)17/h4-6,11,13H,2-3,7-8,15H2,1H3. The van der Waals surface area contributed by atoms with Gasteiger partial charge in [0.1, 0.15) is 0 Å². The van der Waals surface area contributed by atoms with Gasteiger partial charge in [-0.1, -0.05) is 18.6 Å². The first-order valence-electron chi connectivity index (χ1n) is 6.27. The number of benzene rings is 1. The normalized spacial score (nSPS) is 23.8. The lowest BCUT2D eigenvalue weighted by Gasteiger charge is -2.28. The first-order chi connectivity index (χ1) is 8.97. The molecule has 1 aliphatic heterocycles. The summed E-state index contributed by atoms with van der Waals surface area (Å²) in [6, 6.07) is 3.78. The Bertz CT molecular complexity index is 559. The van der Waals surface area contributed by atoms with E-state index in [-0.39, 0.29) is 17.1 Å². The lowest BCUT2D eigenvalue weighted by Crippen LogP contribution is -2.38. The molecule has 19 heavy (non-hydrogen) atoms. The number of rotatable bonds is 3. The Morgan fingerprint density at radius 1 is 1.42 bits per heavy atom. The zero-order valence-corrected chi connectivity index (χ0v) is 11.6. The van der Waals surface area contributed by atoms with Crippen LogP contribution in [0.5, 0.6) is 5.75 Å². The third-order valence-corrected chi connectivity index (χ3v) is 5.91. The lowest BCUT2D eigenvalue weighted by atomic mass is 9.99. The third kappa shape index (κ3) is 2.74. The van der Waals surface area contributed by atoms with E-state index in [4.69, 9.17) is 10.5 Å². The molecule has 106 valence electrons. The zero-order valence-electron chi connectivity index (χ0n) is 10.8. The maximum absolute atomic E-state index is 14.1. The Morgan fingerprint density at radius 2 is 2.16 bits per heavy atom. The predicted octanol–water partition coefficient (Wildman–Crippen LogP) is 1.80. The highest BCUT2D eigenvalue weighted by molar-refractivity contribution is 7.92. The zero-order chi connectivity index (χ0) is 14.0. The van der Waals surface area contributed by atoms with E-state index in [1.165, 1.54) is 19.2 Å². The summed E-state index contributed by atoms with van der Waals surface area (Å²) >= 11 is 0. The summed E-state index contributed by atoms with van der Waals surface area (Å²) in [4.78, 5) is 0. The van der Waals surface area contributed by atoms with Crippen molar-refractivity contribution in [1.82, 2.24) is 0 Å². The number of sulfone groups is 1. The van der Waals surface area contributed by atoms with Gasteiger partial charge in [0.15, 0.2) is 21.4 Å². The molecule has 4 nitrogen and oxygen atoms in total. The van der Waals surface area contributed by atoms with Crippen molar-refractivity contribution in [2.75, 3.05) is 12.9 Å². The SMILES string of the molecule is COc1cccc(C(N)C2CCCCS2(=O)=O)c1F. The molecule has 2 atom stereocenters. The van der Waals surface area contributed by atoms with Crippen LogP contribution in [0.4, 0.5) is 4.39 Å². The van der Waals surface area contributed by atoms with Gasteiger partial charge in [0.2, 0.25) is 0 Å². The van der Waals surface area contributed by atoms with Crippen LogP contribution in [-0.4, -0.2) is 26.5 Å².